The molecule has 1 N–H and O–H groups in total. The minimum absolute atomic E-state index is 0. The zero-order valence-electron chi connectivity index (χ0n) is 16.6. The quantitative estimate of drug-likeness (QED) is 0.299. The van der Waals surface area contributed by atoms with E-state index in [1.54, 1.807) is 11.9 Å². The molecule has 0 atom stereocenters. The summed E-state index contributed by atoms with van der Waals surface area (Å²) in [5.74, 6) is 0.867. The van der Waals surface area contributed by atoms with Crippen molar-refractivity contribution in [3.8, 4) is 0 Å². The predicted molar refractivity (Wildman–Crippen MR) is 124 cm³/mol. The number of amides is 1. The van der Waals surface area contributed by atoms with E-state index in [1.807, 2.05) is 6.92 Å². The van der Waals surface area contributed by atoms with Gasteiger partial charge >= 0.3 is 6.09 Å². The van der Waals surface area contributed by atoms with Gasteiger partial charge in [-0.3, -0.25) is 4.99 Å². The number of guanidine groups is 1. The lowest BCUT2D eigenvalue weighted by Crippen LogP contribution is -2.53. The van der Waals surface area contributed by atoms with Gasteiger partial charge in [-0.2, -0.15) is 0 Å². The molecule has 2 heterocycles. The Hall–Kier alpha value is -1.97. The summed E-state index contributed by atoms with van der Waals surface area (Å²) < 4.78 is 5.07. The van der Waals surface area contributed by atoms with Crippen LogP contribution in [-0.2, 0) is 11.3 Å². The van der Waals surface area contributed by atoms with Gasteiger partial charge < -0.3 is 24.8 Å². The van der Waals surface area contributed by atoms with E-state index in [2.05, 4.69) is 56.5 Å². The van der Waals surface area contributed by atoms with Crippen LogP contribution in [-0.4, -0.2) is 74.8 Å². The third-order valence-electron chi connectivity index (χ3n) is 4.89. The van der Waals surface area contributed by atoms with E-state index in [0.29, 0.717) is 19.7 Å². The van der Waals surface area contributed by atoms with E-state index in [9.17, 15) is 4.79 Å². The van der Waals surface area contributed by atoms with Crippen LogP contribution in [0.3, 0.4) is 0 Å². The van der Waals surface area contributed by atoms with Gasteiger partial charge in [0.15, 0.2) is 5.96 Å². The molecular formula is C20H30IN5O2. The maximum atomic E-state index is 11.8. The summed E-state index contributed by atoms with van der Waals surface area (Å²) in [6.07, 6.45) is 4.16. The van der Waals surface area contributed by atoms with Gasteiger partial charge in [-0.25, -0.2) is 4.79 Å². The van der Waals surface area contributed by atoms with Crippen LogP contribution in [0.1, 0.15) is 12.5 Å². The van der Waals surface area contributed by atoms with Crippen molar-refractivity contribution in [1.82, 2.24) is 15.1 Å². The average molecular weight is 499 g/mol. The van der Waals surface area contributed by atoms with Crippen molar-refractivity contribution in [2.45, 2.75) is 13.5 Å². The third kappa shape index (κ3) is 5.76. The van der Waals surface area contributed by atoms with Crippen LogP contribution >= 0.6 is 24.0 Å². The molecule has 8 heteroatoms. The highest BCUT2D eigenvalue weighted by molar-refractivity contribution is 14.0. The monoisotopic (exact) mass is 499 g/mol. The van der Waals surface area contributed by atoms with Crippen LogP contribution in [0, 0.1) is 0 Å². The molecule has 28 heavy (non-hydrogen) atoms. The summed E-state index contributed by atoms with van der Waals surface area (Å²) >= 11 is 0. The van der Waals surface area contributed by atoms with Crippen molar-refractivity contribution >= 4 is 41.7 Å². The van der Waals surface area contributed by atoms with Crippen molar-refractivity contribution < 1.29 is 9.53 Å². The molecule has 1 fully saturated rings. The fourth-order valence-electron chi connectivity index (χ4n) is 3.34. The topological polar surface area (TPSA) is 60.4 Å². The van der Waals surface area contributed by atoms with Gasteiger partial charge in [0.2, 0.25) is 0 Å². The molecule has 154 valence electrons. The number of carbonyl (C=O) groups is 1. The van der Waals surface area contributed by atoms with Gasteiger partial charge in [-0.05, 0) is 24.6 Å². The summed E-state index contributed by atoms with van der Waals surface area (Å²) in [4.78, 5) is 22.5. The SMILES string of the molecule is CCOC(=O)N1CCN(C(=NC)NCc2ccc(N3CC=CC3)cc2)CC1.I. The minimum Gasteiger partial charge on any atom is -0.450 e. The standard InChI is InChI=1S/C20H29N5O2.HI/c1-3-27-20(26)25-14-12-24(13-15-25)19(21-2)22-16-17-6-8-18(9-7-17)23-10-4-5-11-23;/h4-9H,3,10-16H2,1-2H3,(H,21,22);1H. The molecule has 0 saturated carbocycles. The number of piperazine rings is 1. The first-order valence-corrected chi connectivity index (χ1v) is 9.57. The maximum absolute atomic E-state index is 11.8. The van der Waals surface area contributed by atoms with E-state index in [-0.39, 0.29) is 30.1 Å². The smallest absolute Gasteiger partial charge is 0.409 e. The molecule has 3 rings (SSSR count). The number of carbonyl (C=O) groups excluding carboxylic acids is 1. The van der Waals surface area contributed by atoms with Crippen molar-refractivity contribution in [2.75, 3.05) is 57.8 Å². The van der Waals surface area contributed by atoms with Crippen LogP contribution < -0.4 is 10.2 Å². The lowest BCUT2D eigenvalue weighted by Gasteiger charge is -2.35. The van der Waals surface area contributed by atoms with Crippen LogP contribution in [0.4, 0.5) is 10.5 Å². The largest absolute Gasteiger partial charge is 0.450 e. The zero-order chi connectivity index (χ0) is 19.1. The summed E-state index contributed by atoms with van der Waals surface area (Å²) in [6, 6.07) is 8.66. The molecule has 0 aromatic heterocycles. The molecule has 0 aliphatic carbocycles. The first-order chi connectivity index (χ1) is 13.2. The highest BCUT2D eigenvalue weighted by Gasteiger charge is 2.23. The molecule has 1 aromatic carbocycles. The molecule has 2 aliphatic heterocycles. The Labute approximate surface area is 184 Å². The molecular weight excluding hydrogens is 469 g/mol. The van der Waals surface area contributed by atoms with Gasteiger partial charge in [-0.1, -0.05) is 24.3 Å². The zero-order valence-corrected chi connectivity index (χ0v) is 19.0. The molecule has 0 radical (unpaired) electrons. The first-order valence-electron chi connectivity index (χ1n) is 9.57. The molecule has 0 bridgehead atoms. The average Bonchev–Trinajstić information content (AvgIpc) is 3.24. The van der Waals surface area contributed by atoms with E-state index < -0.39 is 0 Å². The molecule has 7 nitrogen and oxygen atoms in total. The first kappa shape index (κ1) is 22.3. The van der Waals surface area contributed by atoms with Gasteiger partial charge in [0, 0.05) is 58.5 Å². The van der Waals surface area contributed by atoms with Gasteiger partial charge in [0.25, 0.3) is 0 Å². The van der Waals surface area contributed by atoms with E-state index in [0.717, 1.165) is 38.7 Å². The number of anilines is 1. The number of nitrogens with one attached hydrogen (secondary N) is 1. The van der Waals surface area contributed by atoms with Crippen LogP contribution in [0.25, 0.3) is 0 Å². The minimum atomic E-state index is -0.228. The van der Waals surface area contributed by atoms with Crippen molar-refractivity contribution in [3.05, 3.63) is 42.0 Å². The van der Waals surface area contributed by atoms with Crippen LogP contribution in [0.2, 0.25) is 0 Å². The summed E-state index contributed by atoms with van der Waals surface area (Å²) in [5.41, 5.74) is 2.47. The third-order valence-corrected chi connectivity index (χ3v) is 4.89. The molecule has 0 unspecified atom stereocenters. The normalized spacial score (nSPS) is 16.8. The van der Waals surface area contributed by atoms with Gasteiger partial charge in [-0.15, -0.1) is 24.0 Å². The molecule has 1 aromatic rings. The number of hydrogen-bond donors (Lipinski definition) is 1. The van der Waals surface area contributed by atoms with Gasteiger partial charge in [0.1, 0.15) is 0 Å². The second kappa shape index (κ2) is 11.1. The Balaban J connectivity index is 0.00000280. The van der Waals surface area contributed by atoms with E-state index in [1.165, 1.54) is 11.3 Å². The van der Waals surface area contributed by atoms with E-state index in [4.69, 9.17) is 4.74 Å². The fraction of sp³-hybridized carbons (Fsp3) is 0.500. The number of nitrogens with zero attached hydrogens (tertiary/aromatic N) is 4. The fourth-order valence-corrected chi connectivity index (χ4v) is 3.34. The second-order valence-corrected chi connectivity index (χ2v) is 6.62. The number of aliphatic imine (C=N–C) groups is 1. The Kier molecular flexibility index (Phi) is 8.88. The Morgan fingerprint density at radius 1 is 1.07 bits per heavy atom. The summed E-state index contributed by atoms with van der Waals surface area (Å²) in [6.45, 7) is 7.74. The number of halogens is 1. The molecule has 0 spiro atoms. The molecule has 1 amide bonds. The van der Waals surface area contributed by atoms with Crippen molar-refractivity contribution in [3.63, 3.8) is 0 Å². The van der Waals surface area contributed by atoms with Crippen molar-refractivity contribution in [1.29, 1.82) is 0 Å². The molecule has 1 saturated heterocycles. The Morgan fingerprint density at radius 3 is 2.25 bits per heavy atom. The van der Waals surface area contributed by atoms with E-state index >= 15 is 0 Å². The lowest BCUT2D eigenvalue weighted by molar-refractivity contribution is 0.0914. The van der Waals surface area contributed by atoms with Crippen LogP contribution in [0.15, 0.2) is 41.4 Å². The summed E-state index contributed by atoms with van der Waals surface area (Å²) in [5, 5.41) is 3.43. The molecule has 2 aliphatic rings. The number of ether oxygens (including phenoxy) is 1. The van der Waals surface area contributed by atoms with Crippen LogP contribution in [0.5, 0.6) is 0 Å². The maximum Gasteiger partial charge on any atom is 0.409 e. The number of hydrogen-bond acceptors (Lipinski definition) is 4. The van der Waals surface area contributed by atoms with Crippen molar-refractivity contribution in [2.24, 2.45) is 4.99 Å². The number of rotatable bonds is 4. The van der Waals surface area contributed by atoms with Gasteiger partial charge in [0.05, 0.1) is 6.61 Å². The highest BCUT2D eigenvalue weighted by Crippen LogP contribution is 2.17. The summed E-state index contributed by atoms with van der Waals surface area (Å²) in [7, 11) is 1.80. The highest BCUT2D eigenvalue weighted by atomic mass is 127. The second-order valence-electron chi connectivity index (χ2n) is 6.62. The Morgan fingerprint density at radius 2 is 1.68 bits per heavy atom. The number of benzene rings is 1. The lowest BCUT2D eigenvalue weighted by atomic mass is 10.2. The Bertz CT molecular complexity index is 676. The predicted octanol–water partition coefficient (Wildman–Crippen LogP) is 2.53.